The quantitative estimate of drug-likeness (QED) is 0.256. The summed E-state index contributed by atoms with van der Waals surface area (Å²) in [5.74, 6) is 5.12. The number of primary amides is 1. The summed E-state index contributed by atoms with van der Waals surface area (Å²) in [5, 5.41) is 10.8. The molecule has 1 fully saturated rings. The predicted octanol–water partition coefficient (Wildman–Crippen LogP) is 2.93. The van der Waals surface area contributed by atoms with Crippen molar-refractivity contribution in [3.05, 3.63) is 59.7 Å². The van der Waals surface area contributed by atoms with Crippen molar-refractivity contribution in [3.63, 3.8) is 0 Å². The highest BCUT2D eigenvalue weighted by Gasteiger charge is 2.27. The zero-order chi connectivity index (χ0) is 25.4. The van der Waals surface area contributed by atoms with E-state index in [0.29, 0.717) is 35.6 Å². The molecule has 7 N–H and O–H groups in total. The number of nitrogens with zero attached hydrogens (tertiary/aromatic N) is 4. The molecule has 0 saturated heterocycles. The maximum absolute atomic E-state index is 14.1. The summed E-state index contributed by atoms with van der Waals surface area (Å²) in [6, 6.07) is 10.6. The molecule has 0 unspecified atom stereocenters. The number of imidazole rings is 1. The summed E-state index contributed by atoms with van der Waals surface area (Å²) < 4.78 is 15.7. The number of aliphatic hydroxyl groups is 1. The first kappa shape index (κ1) is 23.3. The van der Waals surface area contributed by atoms with Gasteiger partial charge in [-0.25, -0.2) is 19.3 Å². The van der Waals surface area contributed by atoms with Crippen LogP contribution in [0.3, 0.4) is 0 Å². The molecule has 1 aliphatic rings. The van der Waals surface area contributed by atoms with E-state index < -0.39 is 17.3 Å². The lowest BCUT2D eigenvalue weighted by Gasteiger charge is -2.26. The van der Waals surface area contributed by atoms with Gasteiger partial charge in [-0.15, -0.1) is 0 Å². The number of rotatable bonds is 3. The molecule has 0 aliphatic heterocycles. The monoisotopic (exact) mass is 485 g/mol. The minimum Gasteiger partial charge on any atom is -0.398 e. The van der Waals surface area contributed by atoms with Crippen molar-refractivity contribution in [2.24, 2.45) is 5.73 Å². The molecular weight excluding hydrogens is 461 g/mol. The van der Waals surface area contributed by atoms with Crippen LogP contribution in [0.2, 0.25) is 0 Å². The lowest BCUT2D eigenvalue weighted by molar-refractivity contribution is 0.0610. The molecule has 2 aromatic heterocycles. The first-order valence-corrected chi connectivity index (χ1v) is 11.5. The molecule has 0 atom stereocenters. The summed E-state index contributed by atoms with van der Waals surface area (Å²) in [4.78, 5) is 25.4. The van der Waals surface area contributed by atoms with Crippen LogP contribution < -0.4 is 17.2 Å². The van der Waals surface area contributed by atoms with Crippen LogP contribution in [0.15, 0.2) is 42.5 Å². The van der Waals surface area contributed by atoms with Gasteiger partial charge < -0.3 is 22.3 Å². The Morgan fingerprint density at radius 1 is 1.06 bits per heavy atom. The van der Waals surface area contributed by atoms with Gasteiger partial charge in [-0.1, -0.05) is 24.5 Å². The second kappa shape index (κ2) is 8.94. The average Bonchev–Trinajstić information content (AvgIpc) is 3.24. The van der Waals surface area contributed by atoms with Crippen molar-refractivity contribution in [2.75, 3.05) is 11.5 Å². The molecular formula is C26H24FN7O2. The Kier molecular flexibility index (Phi) is 5.78. The van der Waals surface area contributed by atoms with E-state index >= 15 is 0 Å². The Labute approximate surface area is 206 Å². The first-order chi connectivity index (χ1) is 17.2. The number of halogens is 1. The normalized spacial score (nSPS) is 14.8. The highest BCUT2D eigenvalue weighted by atomic mass is 19.1. The number of benzene rings is 2. The lowest BCUT2D eigenvalue weighted by Crippen LogP contribution is -2.29. The van der Waals surface area contributed by atoms with Crippen LogP contribution in [0.5, 0.6) is 0 Å². The topological polar surface area (TPSA) is 159 Å². The summed E-state index contributed by atoms with van der Waals surface area (Å²) in [6.45, 7) is 0. The van der Waals surface area contributed by atoms with Gasteiger partial charge in [-0.3, -0.25) is 9.36 Å². The third kappa shape index (κ3) is 4.32. The fraction of sp³-hybridized carbons (Fsp3) is 0.231. The van der Waals surface area contributed by atoms with Crippen LogP contribution >= 0.6 is 0 Å². The van der Waals surface area contributed by atoms with Gasteiger partial charge in [0, 0.05) is 11.3 Å². The van der Waals surface area contributed by atoms with Gasteiger partial charge in [0.05, 0.1) is 11.3 Å². The Hall–Kier alpha value is -4.49. The van der Waals surface area contributed by atoms with E-state index in [-0.39, 0.29) is 28.4 Å². The number of aromatic nitrogens is 4. The van der Waals surface area contributed by atoms with Gasteiger partial charge in [0.25, 0.3) is 5.91 Å². The van der Waals surface area contributed by atoms with Crippen molar-refractivity contribution in [1.29, 1.82) is 0 Å². The molecule has 0 bridgehead atoms. The number of hydrogen-bond donors (Lipinski definition) is 4. The molecule has 5 rings (SSSR count). The summed E-state index contributed by atoms with van der Waals surface area (Å²) >= 11 is 0. The van der Waals surface area contributed by atoms with Gasteiger partial charge in [0.1, 0.15) is 17.2 Å². The van der Waals surface area contributed by atoms with Crippen LogP contribution in [-0.4, -0.2) is 36.1 Å². The predicted molar refractivity (Wildman–Crippen MR) is 134 cm³/mol. The lowest BCUT2D eigenvalue weighted by atomic mass is 9.85. The number of carbonyl (C=O) groups excluding carboxylic acids is 1. The number of amides is 1. The first-order valence-electron chi connectivity index (χ1n) is 11.5. The number of hydrogen-bond acceptors (Lipinski definition) is 7. The van der Waals surface area contributed by atoms with Crippen molar-refractivity contribution in [2.45, 2.75) is 37.7 Å². The van der Waals surface area contributed by atoms with Gasteiger partial charge in [0.15, 0.2) is 17.0 Å². The van der Waals surface area contributed by atoms with Crippen LogP contribution in [0, 0.1) is 17.7 Å². The highest BCUT2D eigenvalue weighted by Crippen LogP contribution is 2.31. The summed E-state index contributed by atoms with van der Waals surface area (Å²) in [5.41, 5.74) is 18.4. The van der Waals surface area contributed by atoms with Crippen LogP contribution in [0.25, 0.3) is 28.2 Å². The third-order valence-electron chi connectivity index (χ3n) is 6.26. The fourth-order valence-electron chi connectivity index (χ4n) is 4.43. The van der Waals surface area contributed by atoms with E-state index in [9.17, 15) is 14.3 Å². The maximum Gasteiger partial charge on any atom is 0.250 e. The van der Waals surface area contributed by atoms with Crippen LogP contribution in [-0.2, 0) is 0 Å². The largest absolute Gasteiger partial charge is 0.398 e. The van der Waals surface area contributed by atoms with Crippen molar-refractivity contribution < 1.29 is 14.3 Å². The molecule has 0 spiro atoms. The third-order valence-corrected chi connectivity index (χ3v) is 6.26. The molecule has 10 heteroatoms. The fourth-order valence-corrected chi connectivity index (χ4v) is 4.43. The minimum absolute atomic E-state index is 0.0712. The SMILES string of the molecule is NC(=O)c1cc(-n2c(-c3cccc(F)c3)nc3c(N)nc(C#CC4(O)CCCCC4)nc32)ccc1N. The molecule has 2 heterocycles. The Morgan fingerprint density at radius 3 is 2.56 bits per heavy atom. The van der Waals surface area contributed by atoms with Crippen LogP contribution in [0.1, 0.15) is 48.3 Å². The van der Waals surface area contributed by atoms with E-state index in [4.69, 9.17) is 17.2 Å². The summed E-state index contributed by atoms with van der Waals surface area (Å²) in [7, 11) is 0. The van der Waals surface area contributed by atoms with Crippen molar-refractivity contribution in [3.8, 4) is 28.9 Å². The molecule has 4 aromatic rings. The Balaban J connectivity index is 1.75. The molecule has 0 radical (unpaired) electrons. The number of anilines is 2. The van der Waals surface area contributed by atoms with E-state index in [2.05, 4.69) is 26.8 Å². The Bertz CT molecular complexity index is 1560. The number of carbonyl (C=O) groups is 1. The average molecular weight is 486 g/mol. The molecule has 182 valence electrons. The van der Waals surface area contributed by atoms with Crippen LogP contribution in [0.4, 0.5) is 15.9 Å². The van der Waals surface area contributed by atoms with E-state index in [1.54, 1.807) is 28.8 Å². The number of nitrogens with two attached hydrogens (primary N) is 3. The zero-order valence-electron chi connectivity index (χ0n) is 19.3. The number of nitrogen functional groups attached to an aromatic ring is 2. The number of fused-ring (bicyclic) bond motifs is 1. The molecule has 2 aromatic carbocycles. The molecule has 1 aliphatic carbocycles. The molecule has 1 amide bonds. The van der Waals surface area contributed by atoms with Gasteiger partial charge in [0.2, 0.25) is 5.82 Å². The minimum atomic E-state index is -1.09. The maximum atomic E-state index is 14.1. The van der Waals surface area contributed by atoms with Gasteiger partial charge in [-0.05, 0) is 61.9 Å². The van der Waals surface area contributed by atoms with Gasteiger partial charge in [-0.2, -0.15) is 0 Å². The van der Waals surface area contributed by atoms with Crippen molar-refractivity contribution >= 4 is 28.6 Å². The second-order valence-corrected chi connectivity index (χ2v) is 8.86. The molecule has 1 saturated carbocycles. The zero-order valence-corrected chi connectivity index (χ0v) is 19.3. The molecule has 9 nitrogen and oxygen atoms in total. The second-order valence-electron chi connectivity index (χ2n) is 8.86. The van der Waals surface area contributed by atoms with E-state index in [0.717, 1.165) is 19.3 Å². The standard InChI is InChI=1S/C26H24FN7O2/c27-16-6-4-5-15(13-16)24-33-21-22(29)31-20(9-12-26(36)10-2-1-3-11-26)32-25(21)34(24)17-7-8-19(28)18(14-17)23(30)35/h4-8,13-14,36H,1-3,10-11,28H2,(H2,30,35)(H2,29,31,32). The van der Waals surface area contributed by atoms with Gasteiger partial charge >= 0.3 is 0 Å². The summed E-state index contributed by atoms with van der Waals surface area (Å²) in [6.07, 6.45) is 4.03. The smallest absolute Gasteiger partial charge is 0.250 e. The highest BCUT2D eigenvalue weighted by molar-refractivity contribution is 5.99. The molecule has 36 heavy (non-hydrogen) atoms. The van der Waals surface area contributed by atoms with Crippen molar-refractivity contribution in [1.82, 2.24) is 19.5 Å². The van der Waals surface area contributed by atoms with E-state index in [1.807, 2.05) is 0 Å². The van der Waals surface area contributed by atoms with E-state index in [1.165, 1.54) is 18.2 Å². The Morgan fingerprint density at radius 2 is 1.83 bits per heavy atom.